The maximum Gasteiger partial charge on any atom is 0.745 e. The summed E-state index contributed by atoms with van der Waals surface area (Å²) in [6.07, 6.45) is 0. The lowest BCUT2D eigenvalue weighted by Gasteiger charge is -2.10. The zero-order valence-corrected chi connectivity index (χ0v) is 8.54. The lowest BCUT2D eigenvalue weighted by atomic mass is 10.5. The Bertz CT molecular complexity index is 150. The molecule has 0 bridgehead atoms. The number of morpholine rings is 1. The number of rotatable bonds is 2. The number of hydrogen-bond donors (Lipinski definition) is 3. The van der Waals surface area contributed by atoms with Gasteiger partial charge in [0.1, 0.15) is 0 Å². The summed E-state index contributed by atoms with van der Waals surface area (Å²) in [7, 11) is -5.85. The minimum absolute atomic E-state index is 0. The van der Waals surface area contributed by atoms with E-state index < -0.39 is 16.5 Å². The molecule has 1 aliphatic heterocycles. The molecular weight excluding hydrogens is 232 g/mol. The van der Waals surface area contributed by atoms with Crippen LogP contribution in [0.5, 0.6) is 0 Å². The van der Waals surface area contributed by atoms with Gasteiger partial charge < -0.3 is 10.1 Å². The van der Waals surface area contributed by atoms with Crippen molar-refractivity contribution < 1.29 is 28.0 Å². The second kappa shape index (κ2) is 11.1. The number of ether oxygens (including phenoxy) is 1. The minimum Gasteiger partial charge on any atom is -0.379 e. The molecular formula is C5H15NO6P2+2. The summed E-state index contributed by atoms with van der Waals surface area (Å²) in [6.45, 7) is 3.83. The van der Waals surface area contributed by atoms with Crippen LogP contribution in [0.1, 0.15) is 7.43 Å². The predicted octanol–water partition coefficient (Wildman–Crippen LogP) is 0.545. The molecule has 1 rings (SSSR count). The van der Waals surface area contributed by atoms with Crippen LogP contribution >= 0.6 is 16.5 Å². The van der Waals surface area contributed by atoms with Gasteiger partial charge in [-0.25, -0.2) is 0 Å². The van der Waals surface area contributed by atoms with Crippen molar-refractivity contribution >= 4 is 16.5 Å². The van der Waals surface area contributed by atoms with Crippen molar-refractivity contribution in [2.24, 2.45) is 0 Å². The molecule has 14 heavy (non-hydrogen) atoms. The van der Waals surface area contributed by atoms with Crippen molar-refractivity contribution in [3.05, 3.63) is 0 Å². The number of hydrogen-bond acceptors (Lipinski definition) is 5. The molecule has 1 heterocycles. The summed E-state index contributed by atoms with van der Waals surface area (Å²) in [5, 5.41) is 3.16. The van der Waals surface area contributed by atoms with Crippen LogP contribution < -0.4 is 5.32 Å². The van der Waals surface area contributed by atoms with E-state index in [-0.39, 0.29) is 7.43 Å². The Morgan fingerprint density at radius 3 is 1.64 bits per heavy atom. The summed E-state index contributed by atoms with van der Waals surface area (Å²) in [5.74, 6) is 0. The van der Waals surface area contributed by atoms with Gasteiger partial charge in [0.05, 0.1) is 13.2 Å². The topological polar surface area (TPSA) is 105 Å². The zero-order chi connectivity index (χ0) is 10.1. The van der Waals surface area contributed by atoms with Crippen molar-refractivity contribution in [2.45, 2.75) is 7.43 Å². The van der Waals surface area contributed by atoms with Crippen molar-refractivity contribution in [1.82, 2.24) is 5.32 Å². The van der Waals surface area contributed by atoms with Crippen molar-refractivity contribution in [1.29, 1.82) is 0 Å². The van der Waals surface area contributed by atoms with Crippen LogP contribution in [0.3, 0.4) is 0 Å². The highest BCUT2D eigenvalue weighted by molar-refractivity contribution is 7.46. The Balaban J connectivity index is 0. The fraction of sp³-hybridized carbons (Fsp3) is 1.00. The minimum atomic E-state index is -2.92. The molecule has 0 saturated carbocycles. The van der Waals surface area contributed by atoms with Gasteiger partial charge in [0, 0.05) is 22.2 Å². The van der Waals surface area contributed by atoms with E-state index in [0.717, 1.165) is 26.3 Å². The first-order chi connectivity index (χ1) is 6.13. The molecule has 2 unspecified atom stereocenters. The fourth-order valence-corrected chi connectivity index (χ4v) is 1.05. The molecule has 9 heteroatoms. The van der Waals surface area contributed by atoms with Crippen LogP contribution in [-0.2, 0) is 18.2 Å². The molecule has 0 spiro atoms. The Hall–Kier alpha value is -0.0000000000000000763. The SMILES string of the molecule is C.C1COCCN1.O=[P+](O)O[P+](=O)O. The first kappa shape index (κ1) is 16.4. The van der Waals surface area contributed by atoms with Gasteiger partial charge in [-0.1, -0.05) is 7.43 Å². The van der Waals surface area contributed by atoms with E-state index in [1.165, 1.54) is 0 Å². The second-order valence-corrected chi connectivity index (χ2v) is 3.52. The molecule has 0 aromatic heterocycles. The lowest BCUT2D eigenvalue weighted by molar-refractivity contribution is 0.109. The van der Waals surface area contributed by atoms with E-state index in [9.17, 15) is 9.13 Å². The normalized spacial score (nSPS) is 17.0. The third-order valence-electron chi connectivity index (χ3n) is 0.986. The fourth-order valence-electron chi connectivity index (χ4n) is 0.575. The third kappa shape index (κ3) is 14.5. The monoisotopic (exact) mass is 247 g/mol. The average Bonchev–Trinajstić information content (AvgIpc) is 2.06. The summed E-state index contributed by atoms with van der Waals surface area (Å²) in [6, 6.07) is 0. The molecule has 0 radical (unpaired) electrons. The van der Waals surface area contributed by atoms with E-state index in [0.29, 0.717) is 0 Å². The van der Waals surface area contributed by atoms with Gasteiger partial charge in [0.15, 0.2) is 4.31 Å². The van der Waals surface area contributed by atoms with Crippen LogP contribution in [0.2, 0.25) is 0 Å². The number of nitrogens with one attached hydrogen (secondary N) is 1. The average molecular weight is 247 g/mol. The summed E-state index contributed by atoms with van der Waals surface area (Å²) in [5.41, 5.74) is 0. The molecule has 0 aromatic carbocycles. The van der Waals surface area contributed by atoms with Gasteiger partial charge in [0.2, 0.25) is 0 Å². The first-order valence-electron chi connectivity index (χ1n) is 3.41. The van der Waals surface area contributed by atoms with Crippen LogP contribution in [-0.4, -0.2) is 36.1 Å². The van der Waals surface area contributed by atoms with Gasteiger partial charge in [-0.05, 0) is 0 Å². The van der Waals surface area contributed by atoms with Crippen molar-refractivity contribution in [3.63, 3.8) is 0 Å². The van der Waals surface area contributed by atoms with Gasteiger partial charge in [-0.15, -0.1) is 9.79 Å². The summed E-state index contributed by atoms with van der Waals surface area (Å²) < 4.78 is 27.2. The molecule has 84 valence electrons. The van der Waals surface area contributed by atoms with Gasteiger partial charge in [-0.3, -0.25) is 0 Å². The van der Waals surface area contributed by atoms with E-state index in [1.54, 1.807) is 0 Å². The van der Waals surface area contributed by atoms with E-state index in [1.807, 2.05) is 0 Å². The first-order valence-corrected chi connectivity index (χ1v) is 5.68. The molecule has 7 nitrogen and oxygen atoms in total. The van der Waals surface area contributed by atoms with Crippen LogP contribution in [0, 0.1) is 0 Å². The molecule has 2 atom stereocenters. The second-order valence-electron chi connectivity index (χ2n) is 1.92. The zero-order valence-electron chi connectivity index (χ0n) is 6.75. The smallest absolute Gasteiger partial charge is 0.379 e. The maximum absolute atomic E-state index is 9.39. The Labute approximate surface area is 84.3 Å². The summed E-state index contributed by atoms with van der Waals surface area (Å²) in [4.78, 5) is 15.3. The molecule has 1 saturated heterocycles. The summed E-state index contributed by atoms with van der Waals surface area (Å²) >= 11 is 0. The van der Waals surface area contributed by atoms with Crippen LogP contribution in [0.4, 0.5) is 0 Å². The largest absolute Gasteiger partial charge is 0.745 e. The lowest BCUT2D eigenvalue weighted by Crippen LogP contribution is -2.30. The van der Waals surface area contributed by atoms with Gasteiger partial charge in [0.25, 0.3) is 0 Å². The van der Waals surface area contributed by atoms with E-state index >= 15 is 0 Å². The maximum atomic E-state index is 9.39. The highest BCUT2D eigenvalue weighted by Crippen LogP contribution is 2.30. The van der Waals surface area contributed by atoms with Gasteiger partial charge in [-0.2, -0.15) is 0 Å². The van der Waals surface area contributed by atoms with E-state index in [4.69, 9.17) is 14.5 Å². The molecule has 0 aliphatic carbocycles. The molecule has 0 amide bonds. The van der Waals surface area contributed by atoms with Gasteiger partial charge >= 0.3 is 16.5 Å². The van der Waals surface area contributed by atoms with Crippen molar-refractivity contribution in [2.75, 3.05) is 26.3 Å². The molecule has 0 aromatic rings. The molecule has 3 N–H and O–H groups in total. The standard InChI is InChI=1S/C4H9NO.CH4.O5P2/c1-3-6-4-2-5-1;;1-6(2)5-7(3)4/h5H,1-4H2;1H4;/p+2. The van der Waals surface area contributed by atoms with E-state index in [2.05, 4.69) is 9.63 Å². The highest BCUT2D eigenvalue weighted by Gasteiger charge is 2.31. The Morgan fingerprint density at radius 2 is 1.57 bits per heavy atom. The molecule has 1 aliphatic rings. The van der Waals surface area contributed by atoms with Crippen LogP contribution in [0.15, 0.2) is 0 Å². The Morgan fingerprint density at radius 1 is 1.14 bits per heavy atom. The molecule has 1 fully saturated rings. The highest BCUT2D eigenvalue weighted by atomic mass is 31.2. The predicted molar refractivity (Wildman–Crippen MR) is 51.2 cm³/mol. The van der Waals surface area contributed by atoms with Crippen LogP contribution in [0.25, 0.3) is 0 Å². The Kier molecular flexibility index (Phi) is 13.0. The van der Waals surface area contributed by atoms with Crippen molar-refractivity contribution in [3.8, 4) is 0 Å². The quantitative estimate of drug-likeness (QED) is 0.611. The third-order valence-corrected chi connectivity index (χ3v) is 2.10.